The predicted octanol–water partition coefficient (Wildman–Crippen LogP) is 1.10. The number of primary amides is 1. The fourth-order valence-corrected chi connectivity index (χ4v) is 7.32. The highest BCUT2D eigenvalue weighted by atomic mass is 19.4. The lowest BCUT2D eigenvalue weighted by Crippen LogP contribution is -2.74. The van der Waals surface area contributed by atoms with Crippen LogP contribution in [0.4, 0.5) is 18.9 Å². The van der Waals surface area contributed by atoms with Crippen molar-refractivity contribution in [1.82, 2.24) is 9.80 Å². The highest BCUT2D eigenvalue weighted by Crippen LogP contribution is 2.52. The number of fused-ring (bicyclic) bond motifs is 3. The van der Waals surface area contributed by atoms with E-state index >= 15 is 0 Å². The Kier molecular flexibility index (Phi) is 9.04. The fraction of sp³-hybridized carbons (Fsp3) is 0.633. The van der Waals surface area contributed by atoms with Crippen LogP contribution in [0.1, 0.15) is 47.7 Å². The van der Waals surface area contributed by atoms with Gasteiger partial charge in [-0.2, -0.15) is 13.2 Å². The number of carbonyl (C=O) groups excluding carboxylic acids is 5. The number of halogens is 3. The summed E-state index contributed by atoms with van der Waals surface area (Å²) in [6, 6.07) is 0.473. The Balaban J connectivity index is 1.78. The fourth-order valence-electron chi connectivity index (χ4n) is 7.32. The molecular weight excluding hydrogens is 585 g/mol. The van der Waals surface area contributed by atoms with Gasteiger partial charge >= 0.3 is 6.18 Å². The maximum atomic E-state index is 14.1. The molecule has 4 rings (SSSR count). The van der Waals surface area contributed by atoms with Crippen LogP contribution in [0, 0.1) is 23.7 Å². The minimum atomic E-state index is -4.30. The van der Waals surface area contributed by atoms with Crippen LogP contribution in [0.15, 0.2) is 6.07 Å². The number of carbonyl (C=O) groups is 5. The minimum absolute atomic E-state index is 0.0288. The van der Waals surface area contributed by atoms with E-state index in [0.717, 1.165) is 0 Å². The predicted molar refractivity (Wildman–Crippen MR) is 152 cm³/mol. The Bertz CT molecular complexity index is 1400. The molecule has 0 saturated heterocycles. The Labute approximate surface area is 253 Å². The third-order valence-corrected chi connectivity index (χ3v) is 9.37. The second-order valence-corrected chi connectivity index (χ2v) is 12.5. The minimum Gasteiger partial charge on any atom is -0.507 e. The summed E-state index contributed by atoms with van der Waals surface area (Å²) in [7, 11) is 6.48. The van der Waals surface area contributed by atoms with Crippen molar-refractivity contribution < 1.29 is 47.4 Å². The van der Waals surface area contributed by atoms with E-state index in [2.05, 4.69) is 0 Å². The van der Waals surface area contributed by atoms with Gasteiger partial charge in [0.1, 0.15) is 5.75 Å². The standard InChI is InChI=1S/C30H39F3N4O7/c1-6-37(9-7-8-29(31,32)33)13-15-12-18(35(2)3)16-10-14-11-17-22(36(4)5)25(40)21(28(34)43)27(42)30(17,44)26(41)19(14)24(39)20(16)23(15)38/h12,14,17,19,21-22,38,44H,6-11,13H2,1-5H3,(H2,34,43)/t14-,17-,19?,21?,22-,30-/m0/s1. The number of hydrogen-bond donors (Lipinski definition) is 3. The number of benzene rings is 1. The van der Waals surface area contributed by atoms with Crippen LogP contribution in [0.3, 0.4) is 0 Å². The molecule has 44 heavy (non-hydrogen) atoms. The quantitative estimate of drug-likeness (QED) is 0.339. The summed E-state index contributed by atoms with van der Waals surface area (Å²) in [5.74, 6) is -11.4. The van der Waals surface area contributed by atoms with Gasteiger partial charge in [0, 0.05) is 44.2 Å². The lowest BCUT2D eigenvalue weighted by molar-refractivity contribution is -0.181. The van der Waals surface area contributed by atoms with Crippen LogP contribution in [-0.4, -0.2) is 108 Å². The summed E-state index contributed by atoms with van der Waals surface area (Å²) < 4.78 is 38.2. The average molecular weight is 625 g/mol. The number of rotatable bonds is 9. The zero-order valence-electron chi connectivity index (χ0n) is 25.4. The average Bonchev–Trinajstić information content (AvgIpc) is 2.90. The molecule has 4 N–H and O–H groups in total. The Morgan fingerprint density at radius 1 is 1.11 bits per heavy atom. The molecule has 11 nitrogen and oxygen atoms in total. The number of nitrogens with zero attached hydrogens (tertiary/aromatic N) is 3. The topological polar surface area (TPSA) is 162 Å². The zero-order valence-corrected chi connectivity index (χ0v) is 25.4. The van der Waals surface area contributed by atoms with Gasteiger partial charge in [-0.3, -0.25) is 33.8 Å². The van der Waals surface area contributed by atoms with Crippen molar-refractivity contribution in [3.05, 3.63) is 22.8 Å². The van der Waals surface area contributed by atoms with Gasteiger partial charge in [0.15, 0.2) is 34.7 Å². The van der Waals surface area contributed by atoms with Crippen LogP contribution in [-0.2, 0) is 32.1 Å². The third kappa shape index (κ3) is 5.51. The van der Waals surface area contributed by atoms with Crippen LogP contribution < -0.4 is 10.6 Å². The molecule has 6 atom stereocenters. The summed E-state index contributed by atoms with van der Waals surface area (Å²) in [4.78, 5) is 71.9. The van der Waals surface area contributed by atoms with E-state index in [1.807, 2.05) is 0 Å². The molecule has 1 aromatic carbocycles. The number of nitrogens with two attached hydrogens (primary N) is 1. The molecule has 0 aliphatic heterocycles. The Morgan fingerprint density at radius 3 is 2.27 bits per heavy atom. The van der Waals surface area contributed by atoms with Crippen molar-refractivity contribution in [3.63, 3.8) is 0 Å². The van der Waals surface area contributed by atoms with Crippen LogP contribution in [0.2, 0.25) is 0 Å². The number of anilines is 1. The first-order valence-corrected chi connectivity index (χ1v) is 14.6. The normalized spacial score (nSPS) is 28.7. The van der Waals surface area contributed by atoms with Crippen molar-refractivity contribution in [1.29, 1.82) is 0 Å². The molecule has 2 unspecified atom stereocenters. The first kappa shape index (κ1) is 33.5. The summed E-state index contributed by atoms with van der Waals surface area (Å²) in [5, 5.41) is 23.2. The lowest BCUT2D eigenvalue weighted by Gasteiger charge is -2.52. The summed E-state index contributed by atoms with van der Waals surface area (Å²) in [5.41, 5.74) is 3.67. The smallest absolute Gasteiger partial charge is 0.389 e. The number of amides is 1. The van der Waals surface area contributed by atoms with Crippen molar-refractivity contribution in [2.45, 2.75) is 57.0 Å². The second kappa shape index (κ2) is 11.9. The molecule has 1 aromatic rings. The number of ketones is 4. The van der Waals surface area contributed by atoms with E-state index < -0.39 is 82.7 Å². The number of hydrogen-bond acceptors (Lipinski definition) is 10. The van der Waals surface area contributed by atoms with Crippen molar-refractivity contribution in [3.8, 4) is 5.75 Å². The third-order valence-electron chi connectivity index (χ3n) is 9.37. The zero-order chi connectivity index (χ0) is 33.0. The molecule has 1 amide bonds. The number of alkyl halides is 3. The maximum absolute atomic E-state index is 14.1. The molecule has 3 aliphatic carbocycles. The summed E-state index contributed by atoms with van der Waals surface area (Å²) in [6.45, 7) is 2.24. The van der Waals surface area contributed by atoms with E-state index in [-0.39, 0.29) is 43.5 Å². The molecule has 0 heterocycles. The first-order chi connectivity index (χ1) is 20.4. The Hall–Kier alpha value is -3.36. The molecule has 0 bridgehead atoms. The molecular formula is C30H39F3N4O7. The molecule has 14 heteroatoms. The number of likely N-dealkylation sites (N-methyl/N-ethyl adjacent to an activating group) is 1. The van der Waals surface area contributed by atoms with E-state index in [0.29, 0.717) is 17.8 Å². The van der Waals surface area contributed by atoms with Crippen LogP contribution in [0.5, 0.6) is 5.75 Å². The van der Waals surface area contributed by atoms with Crippen LogP contribution in [0.25, 0.3) is 0 Å². The highest BCUT2D eigenvalue weighted by Gasteiger charge is 2.69. The van der Waals surface area contributed by atoms with Gasteiger partial charge in [-0.05, 0) is 64.0 Å². The number of Topliss-reactive ketones (excluding diaryl/α,β-unsaturated/α-hetero) is 4. The van der Waals surface area contributed by atoms with Gasteiger partial charge in [-0.1, -0.05) is 6.92 Å². The number of phenolic OH excluding ortho intramolecular Hbond substituents is 1. The molecule has 0 aromatic heterocycles. The maximum Gasteiger partial charge on any atom is 0.389 e. The largest absolute Gasteiger partial charge is 0.507 e. The van der Waals surface area contributed by atoms with Gasteiger partial charge in [0.05, 0.1) is 17.5 Å². The van der Waals surface area contributed by atoms with Gasteiger partial charge in [-0.25, -0.2) is 0 Å². The number of aliphatic hydroxyl groups is 1. The Morgan fingerprint density at radius 2 is 1.75 bits per heavy atom. The SMILES string of the molecule is CCN(CCCC(F)(F)F)Cc1cc(N(C)C)c2c(c1O)C(=O)C1C(=O)[C@]3(O)C(=O)C(C(N)=O)C(=O)[C@@H](N(C)C)[C@@H]3C[C@@H]1C2. The van der Waals surface area contributed by atoms with Gasteiger partial charge in [0.25, 0.3) is 0 Å². The van der Waals surface area contributed by atoms with Gasteiger partial charge < -0.3 is 20.8 Å². The van der Waals surface area contributed by atoms with E-state index in [1.54, 1.807) is 36.9 Å². The van der Waals surface area contributed by atoms with Crippen LogP contribution >= 0.6 is 0 Å². The number of aromatic hydroxyl groups is 1. The monoisotopic (exact) mass is 624 g/mol. The first-order valence-electron chi connectivity index (χ1n) is 14.6. The summed E-state index contributed by atoms with van der Waals surface area (Å²) >= 11 is 0. The van der Waals surface area contributed by atoms with Crippen molar-refractivity contribution in [2.24, 2.45) is 29.4 Å². The lowest BCUT2D eigenvalue weighted by atomic mass is 9.52. The summed E-state index contributed by atoms with van der Waals surface area (Å²) in [6.07, 6.45) is -5.39. The van der Waals surface area contributed by atoms with Gasteiger partial charge in [0.2, 0.25) is 5.91 Å². The molecule has 2 fully saturated rings. The van der Waals surface area contributed by atoms with E-state index in [4.69, 9.17) is 5.73 Å². The van der Waals surface area contributed by atoms with Crippen molar-refractivity contribution in [2.75, 3.05) is 46.2 Å². The van der Waals surface area contributed by atoms with Crippen molar-refractivity contribution >= 4 is 34.7 Å². The highest BCUT2D eigenvalue weighted by molar-refractivity contribution is 6.32. The van der Waals surface area contributed by atoms with Gasteiger partial charge in [-0.15, -0.1) is 0 Å². The molecule has 2 saturated carbocycles. The second-order valence-electron chi connectivity index (χ2n) is 12.5. The molecule has 0 spiro atoms. The van der Waals surface area contributed by atoms with E-state index in [9.17, 15) is 47.4 Å². The molecule has 3 aliphatic rings. The number of phenols is 1. The molecule has 0 radical (unpaired) electrons. The van der Waals surface area contributed by atoms with E-state index in [1.165, 1.54) is 19.0 Å². The molecule has 242 valence electrons.